The van der Waals surface area contributed by atoms with Gasteiger partial charge < -0.3 is 14.9 Å². The summed E-state index contributed by atoms with van der Waals surface area (Å²) in [6.45, 7) is 7.72. The van der Waals surface area contributed by atoms with Crippen LogP contribution in [0.3, 0.4) is 0 Å². The highest BCUT2D eigenvalue weighted by Crippen LogP contribution is 2.32. The molecule has 0 spiro atoms. The number of piperazine rings is 1. The minimum atomic E-state index is -0.944. The molecule has 1 fully saturated rings. The van der Waals surface area contributed by atoms with Crippen LogP contribution in [0.15, 0.2) is 52.5 Å². The van der Waals surface area contributed by atoms with Gasteiger partial charge in [0.25, 0.3) is 5.91 Å². The number of carbonyl (C=O) groups is 1. The van der Waals surface area contributed by atoms with Crippen LogP contribution in [0.1, 0.15) is 30.5 Å². The Morgan fingerprint density at radius 2 is 1.91 bits per heavy atom. The van der Waals surface area contributed by atoms with E-state index in [-0.39, 0.29) is 5.91 Å². The summed E-state index contributed by atoms with van der Waals surface area (Å²) in [7, 11) is 2.11. The summed E-state index contributed by atoms with van der Waals surface area (Å²) in [5.74, 6) is -0.177. The molecule has 0 aliphatic carbocycles. The third-order valence-electron chi connectivity index (χ3n) is 6.43. The Hall–Kier alpha value is -2.65. The summed E-state index contributed by atoms with van der Waals surface area (Å²) < 4.78 is 1.90. The van der Waals surface area contributed by atoms with E-state index in [1.807, 2.05) is 53.4 Å². The van der Waals surface area contributed by atoms with Gasteiger partial charge >= 0.3 is 0 Å². The molecule has 9 heteroatoms. The number of hydrogen-bond donors (Lipinski definition) is 1. The Morgan fingerprint density at radius 3 is 2.63 bits per heavy atom. The Labute approximate surface area is 214 Å². The fraction of sp³-hybridized carbons (Fsp3) is 0.346. The van der Waals surface area contributed by atoms with Crippen molar-refractivity contribution in [2.24, 2.45) is 4.99 Å². The highest BCUT2D eigenvalue weighted by atomic mass is 35.5. The molecule has 0 unspecified atom stereocenters. The van der Waals surface area contributed by atoms with E-state index in [1.54, 1.807) is 13.8 Å². The van der Waals surface area contributed by atoms with Crippen LogP contribution < -0.4 is 0 Å². The lowest BCUT2D eigenvalue weighted by atomic mass is 9.97. The largest absolute Gasteiger partial charge is 0.386 e. The van der Waals surface area contributed by atoms with Crippen LogP contribution in [0.4, 0.5) is 0 Å². The molecular weight excluding hydrogens is 482 g/mol. The zero-order valence-corrected chi connectivity index (χ0v) is 21.6. The molecule has 0 atom stereocenters. The monoisotopic (exact) mass is 509 g/mol. The number of likely N-dealkylation sites (N-methyl/N-ethyl adjacent to an activating group) is 1. The molecule has 0 bridgehead atoms. The molecule has 7 nitrogen and oxygen atoms in total. The van der Waals surface area contributed by atoms with Gasteiger partial charge in [-0.15, -0.1) is 0 Å². The van der Waals surface area contributed by atoms with Crippen molar-refractivity contribution in [3.63, 3.8) is 0 Å². The topological polar surface area (TPSA) is 74.0 Å². The average molecular weight is 510 g/mol. The molecule has 5 rings (SSSR count). The maximum absolute atomic E-state index is 12.5. The number of benzene rings is 2. The molecule has 3 heterocycles. The first-order chi connectivity index (χ1) is 16.7. The average Bonchev–Trinajstić information content (AvgIpc) is 3.38. The maximum atomic E-state index is 12.5. The molecule has 0 radical (unpaired) electrons. The summed E-state index contributed by atoms with van der Waals surface area (Å²) in [4.78, 5) is 21.9. The molecule has 1 aromatic heterocycles. The predicted octanol–water partition coefficient (Wildman–Crippen LogP) is 4.18. The Balaban J connectivity index is 1.32. The molecule has 1 saturated heterocycles. The number of amidine groups is 1. The van der Waals surface area contributed by atoms with Crippen molar-refractivity contribution in [3.05, 3.63) is 69.2 Å². The van der Waals surface area contributed by atoms with Gasteiger partial charge in [0.15, 0.2) is 5.17 Å². The number of halogens is 1. The normalized spacial score (nSPS) is 18.7. The van der Waals surface area contributed by atoms with Crippen molar-refractivity contribution < 1.29 is 9.90 Å². The highest BCUT2D eigenvalue weighted by molar-refractivity contribution is 8.18. The maximum Gasteiger partial charge on any atom is 0.286 e. The Kier molecular flexibility index (Phi) is 6.48. The number of nitrogens with zero attached hydrogens (tertiary/aromatic N) is 5. The molecule has 3 aromatic rings. The molecule has 2 aromatic carbocycles. The molecular formula is C26H28ClN5O2S. The van der Waals surface area contributed by atoms with E-state index in [0.717, 1.165) is 58.9 Å². The second-order valence-corrected chi connectivity index (χ2v) is 11.0. The fourth-order valence-corrected chi connectivity index (χ4v) is 5.43. The van der Waals surface area contributed by atoms with Gasteiger partial charge in [-0.05, 0) is 73.6 Å². The van der Waals surface area contributed by atoms with E-state index in [2.05, 4.69) is 26.9 Å². The highest BCUT2D eigenvalue weighted by Gasteiger charge is 2.27. The van der Waals surface area contributed by atoms with E-state index in [9.17, 15) is 9.90 Å². The van der Waals surface area contributed by atoms with Crippen molar-refractivity contribution in [2.45, 2.75) is 26.0 Å². The van der Waals surface area contributed by atoms with E-state index in [4.69, 9.17) is 11.6 Å². The molecule has 2 aliphatic heterocycles. The van der Waals surface area contributed by atoms with Gasteiger partial charge in [0, 0.05) is 36.6 Å². The Bertz CT molecular complexity index is 1350. The first kappa shape index (κ1) is 24.1. The number of carbonyl (C=O) groups excluding carboxylic acids is 1. The zero-order valence-electron chi connectivity index (χ0n) is 20.0. The van der Waals surface area contributed by atoms with Crippen molar-refractivity contribution in [3.8, 4) is 0 Å². The van der Waals surface area contributed by atoms with Gasteiger partial charge in [-0.2, -0.15) is 10.1 Å². The Morgan fingerprint density at radius 1 is 1.14 bits per heavy atom. The minimum Gasteiger partial charge on any atom is -0.386 e. The van der Waals surface area contributed by atoms with Gasteiger partial charge in [-0.1, -0.05) is 29.8 Å². The van der Waals surface area contributed by atoms with Crippen molar-refractivity contribution in [2.75, 3.05) is 33.2 Å². The van der Waals surface area contributed by atoms with E-state index in [1.165, 1.54) is 11.8 Å². The third kappa shape index (κ3) is 5.16. The molecule has 35 heavy (non-hydrogen) atoms. The second kappa shape index (κ2) is 9.43. The number of rotatable bonds is 4. The van der Waals surface area contributed by atoms with Crippen LogP contribution in [0, 0.1) is 0 Å². The summed E-state index contributed by atoms with van der Waals surface area (Å²) in [6, 6.07) is 11.7. The van der Waals surface area contributed by atoms with Gasteiger partial charge in [0.05, 0.1) is 28.8 Å². The number of aliphatic hydroxyl groups is 1. The summed E-state index contributed by atoms with van der Waals surface area (Å²) >= 11 is 7.96. The fourth-order valence-electron chi connectivity index (χ4n) is 4.22. The SMILES string of the molecule is CN1CCN(C2=NC(=O)/C(=C/c3ccc4c(cnn4Cc4ccc(C(C)(C)O)cc4Cl)c3)S2)CC1. The lowest BCUT2D eigenvalue weighted by Gasteiger charge is -2.32. The van der Waals surface area contributed by atoms with E-state index in [0.29, 0.717) is 16.5 Å². The number of amides is 1. The number of hydrogen-bond acceptors (Lipinski definition) is 6. The van der Waals surface area contributed by atoms with Crippen LogP contribution in [0.5, 0.6) is 0 Å². The molecule has 1 N–H and O–H groups in total. The third-order valence-corrected chi connectivity index (χ3v) is 7.82. The van der Waals surface area contributed by atoms with Crippen LogP contribution in [0.2, 0.25) is 5.02 Å². The second-order valence-electron chi connectivity index (χ2n) is 9.59. The molecule has 2 aliphatic rings. The van der Waals surface area contributed by atoms with Crippen LogP contribution in [-0.4, -0.2) is 69.0 Å². The number of fused-ring (bicyclic) bond motifs is 1. The number of aromatic nitrogens is 2. The van der Waals surface area contributed by atoms with Gasteiger partial charge in [-0.3, -0.25) is 9.48 Å². The lowest BCUT2D eigenvalue weighted by Crippen LogP contribution is -2.46. The molecule has 1 amide bonds. The minimum absolute atomic E-state index is 0.177. The predicted molar refractivity (Wildman–Crippen MR) is 143 cm³/mol. The van der Waals surface area contributed by atoms with Crippen molar-refractivity contribution in [1.29, 1.82) is 0 Å². The molecule has 182 valence electrons. The summed E-state index contributed by atoms with van der Waals surface area (Å²) in [5.41, 5.74) is 2.68. The first-order valence-corrected chi connectivity index (χ1v) is 12.8. The van der Waals surface area contributed by atoms with Gasteiger partial charge in [0.1, 0.15) is 0 Å². The number of thioether (sulfide) groups is 1. The van der Waals surface area contributed by atoms with Crippen molar-refractivity contribution in [1.82, 2.24) is 19.6 Å². The lowest BCUT2D eigenvalue weighted by molar-refractivity contribution is -0.113. The smallest absolute Gasteiger partial charge is 0.286 e. The van der Waals surface area contributed by atoms with Crippen LogP contribution in [-0.2, 0) is 16.9 Å². The van der Waals surface area contributed by atoms with Crippen LogP contribution >= 0.6 is 23.4 Å². The van der Waals surface area contributed by atoms with Gasteiger partial charge in [0.2, 0.25) is 0 Å². The zero-order chi connectivity index (χ0) is 24.7. The summed E-state index contributed by atoms with van der Waals surface area (Å²) in [6.07, 6.45) is 3.73. The van der Waals surface area contributed by atoms with Crippen LogP contribution in [0.25, 0.3) is 17.0 Å². The quantitative estimate of drug-likeness (QED) is 0.532. The molecule has 0 saturated carbocycles. The van der Waals surface area contributed by atoms with E-state index < -0.39 is 5.60 Å². The standard InChI is InChI=1S/C26H28ClN5O2S/c1-26(2,34)20-6-5-18(21(27)14-20)16-32-22-7-4-17(12-19(22)15-28-32)13-23-24(33)29-25(35-23)31-10-8-30(3)9-11-31/h4-7,12-15,34H,8-11,16H2,1-3H3/b23-13-. The first-order valence-electron chi connectivity index (χ1n) is 11.6. The summed E-state index contributed by atoms with van der Waals surface area (Å²) in [5, 5.41) is 17.2. The van der Waals surface area contributed by atoms with E-state index >= 15 is 0 Å². The van der Waals surface area contributed by atoms with Gasteiger partial charge in [-0.25, -0.2) is 0 Å². The number of aliphatic imine (C=N–C) groups is 1. The van der Waals surface area contributed by atoms with Crippen molar-refractivity contribution >= 4 is 51.4 Å².